The molecule has 1 aliphatic heterocycles. The van der Waals surface area contributed by atoms with Gasteiger partial charge in [0, 0.05) is 19.7 Å². The Morgan fingerprint density at radius 2 is 1.17 bits per heavy atom. The van der Waals surface area contributed by atoms with Crippen LogP contribution in [0.1, 0.15) is 11.1 Å². The average molecular weight is 334 g/mol. The third kappa shape index (κ3) is 1.82. The van der Waals surface area contributed by atoms with Gasteiger partial charge >= 0.3 is 6.03 Å². The Balaban J connectivity index is 2.08. The van der Waals surface area contributed by atoms with Crippen LogP contribution in [0.25, 0.3) is 16.7 Å². The van der Waals surface area contributed by atoms with Gasteiger partial charge in [-0.15, -0.1) is 0 Å². The maximum atomic E-state index is 12.8. The fourth-order valence-electron chi connectivity index (χ4n) is 3.33. The number of urea groups is 1. The van der Waals surface area contributed by atoms with Crippen LogP contribution in [0.15, 0.2) is 54.1 Å². The van der Waals surface area contributed by atoms with Crippen molar-refractivity contribution in [2.24, 2.45) is 0 Å². The molecule has 0 radical (unpaired) electrons. The molecular weight excluding hydrogens is 320 g/mol. The first-order chi connectivity index (χ1) is 11.5. The van der Waals surface area contributed by atoms with Gasteiger partial charge in [-0.3, -0.25) is 14.6 Å². The molecule has 2 aromatic carbocycles. The van der Waals surface area contributed by atoms with Crippen molar-refractivity contribution in [1.82, 2.24) is 9.80 Å². The topological polar surface area (TPSA) is 40.6 Å². The second-order valence-corrected chi connectivity index (χ2v) is 6.24. The van der Waals surface area contributed by atoms with Crippen LogP contribution in [0.3, 0.4) is 0 Å². The fraction of sp³-hybridized carbons (Fsp3) is 0.105. The van der Waals surface area contributed by atoms with Gasteiger partial charge in [0.05, 0.1) is 5.57 Å². The van der Waals surface area contributed by atoms with Crippen molar-refractivity contribution in [3.8, 4) is 11.1 Å². The third-order valence-corrected chi connectivity index (χ3v) is 5.02. The SMILES string of the molecule is CN1C(=O)C(=C2c3ccccc3-c3ccccc32)C(=S)N(C)C1=O. The van der Waals surface area contributed by atoms with Crippen LogP contribution < -0.4 is 0 Å². The maximum absolute atomic E-state index is 12.8. The summed E-state index contributed by atoms with van der Waals surface area (Å²) in [6, 6.07) is 15.5. The van der Waals surface area contributed by atoms with Crippen LogP contribution >= 0.6 is 12.2 Å². The highest BCUT2D eigenvalue weighted by Gasteiger charge is 2.39. The molecule has 4 nitrogen and oxygen atoms in total. The lowest BCUT2D eigenvalue weighted by Gasteiger charge is -2.32. The molecular formula is C19H14N2O2S. The number of amides is 3. The quantitative estimate of drug-likeness (QED) is 0.468. The number of carbonyl (C=O) groups excluding carboxylic acids is 2. The van der Waals surface area contributed by atoms with Gasteiger partial charge in [0.15, 0.2) is 0 Å². The Bertz CT molecular complexity index is 888. The van der Waals surface area contributed by atoms with Gasteiger partial charge in [0.1, 0.15) is 4.99 Å². The molecule has 0 unspecified atom stereocenters. The number of thiocarbonyl (C=S) groups is 1. The summed E-state index contributed by atoms with van der Waals surface area (Å²) in [4.78, 5) is 27.7. The van der Waals surface area contributed by atoms with Crippen molar-refractivity contribution in [3.63, 3.8) is 0 Å². The van der Waals surface area contributed by atoms with Crippen molar-refractivity contribution in [2.45, 2.75) is 0 Å². The molecule has 0 saturated carbocycles. The first-order valence-corrected chi connectivity index (χ1v) is 7.96. The number of nitrogens with zero attached hydrogens (tertiary/aromatic N) is 2. The highest BCUT2D eigenvalue weighted by Crippen LogP contribution is 2.46. The summed E-state index contributed by atoms with van der Waals surface area (Å²) in [5.41, 5.74) is 5.32. The highest BCUT2D eigenvalue weighted by molar-refractivity contribution is 7.81. The summed E-state index contributed by atoms with van der Waals surface area (Å²) in [5, 5.41) is 0. The monoisotopic (exact) mass is 334 g/mol. The van der Waals surface area contributed by atoms with E-state index < -0.39 is 6.03 Å². The highest BCUT2D eigenvalue weighted by atomic mass is 32.1. The third-order valence-electron chi connectivity index (χ3n) is 4.54. The van der Waals surface area contributed by atoms with Crippen molar-refractivity contribution in [3.05, 3.63) is 65.2 Å². The van der Waals surface area contributed by atoms with Crippen LogP contribution in [-0.2, 0) is 4.79 Å². The number of rotatable bonds is 0. The van der Waals surface area contributed by atoms with Gasteiger partial charge in [-0.1, -0.05) is 60.7 Å². The summed E-state index contributed by atoms with van der Waals surface area (Å²) >= 11 is 5.45. The lowest BCUT2D eigenvalue weighted by atomic mass is 9.95. The minimum absolute atomic E-state index is 0.268. The van der Waals surface area contributed by atoms with Crippen molar-refractivity contribution >= 4 is 34.7 Å². The van der Waals surface area contributed by atoms with E-state index in [9.17, 15) is 9.59 Å². The molecule has 24 heavy (non-hydrogen) atoms. The predicted octanol–water partition coefficient (Wildman–Crippen LogP) is 3.32. The molecule has 0 N–H and O–H groups in total. The molecule has 0 bridgehead atoms. The van der Waals surface area contributed by atoms with Gasteiger partial charge in [0.2, 0.25) is 0 Å². The molecule has 1 saturated heterocycles. The molecule has 2 aliphatic rings. The van der Waals surface area contributed by atoms with Crippen molar-refractivity contribution in [2.75, 3.05) is 14.1 Å². The van der Waals surface area contributed by atoms with E-state index in [-0.39, 0.29) is 10.9 Å². The molecule has 2 aromatic rings. The minimum atomic E-state index is -0.408. The fourth-order valence-corrected chi connectivity index (χ4v) is 3.59. The Hall–Kier alpha value is -2.79. The Labute approximate surface area is 145 Å². The van der Waals surface area contributed by atoms with E-state index in [4.69, 9.17) is 12.2 Å². The van der Waals surface area contributed by atoms with Crippen LogP contribution in [0, 0.1) is 0 Å². The van der Waals surface area contributed by atoms with Gasteiger partial charge in [-0.05, 0) is 22.3 Å². The number of carbonyl (C=O) groups is 2. The van der Waals surface area contributed by atoms with E-state index in [0.29, 0.717) is 5.57 Å². The summed E-state index contributed by atoms with van der Waals surface area (Å²) in [6.45, 7) is 0. The lowest BCUT2D eigenvalue weighted by molar-refractivity contribution is -0.123. The molecule has 118 valence electrons. The number of hydrogen-bond acceptors (Lipinski definition) is 3. The molecule has 1 heterocycles. The van der Waals surface area contributed by atoms with Crippen LogP contribution in [-0.4, -0.2) is 40.8 Å². The predicted molar refractivity (Wildman–Crippen MR) is 96.4 cm³/mol. The standard InChI is InChI=1S/C19H14N2O2S/c1-20-17(22)16(18(24)21(2)19(20)23)15-13-9-5-3-7-11(13)12-8-4-6-10-14(12)15/h3-10H,1-2H3. The molecule has 0 spiro atoms. The molecule has 0 atom stereocenters. The largest absolute Gasteiger partial charge is 0.331 e. The zero-order chi connectivity index (χ0) is 17.0. The Kier molecular flexibility index (Phi) is 3.15. The van der Waals surface area contributed by atoms with E-state index >= 15 is 0 Å². The molecule has 1 fully saturated rings. The second kappa shape index (κ2) is 5.11. The van der Waals surface area contributed by atoms with Gasteiger partial charge in [-0.2, -0.15) is 0 Å². The van der Waals surface area contributed by atoms with Gasteiger partial charge in [0.25, 0.3) is 5.91 Å². The van der Waals surface area contributed by atoms with E-state index in [1.165, 1.54) is 11.9 Å². The Morgan fingerprint density at radius 3 is 1.67 bits per heavy atom. The lowest BCUT2D eigenvalue weighted by Crippen LogP contribution is -2.52. The average Bonchev–Trinajstić information content (AvgIpc) is 2.94. The first kappa shape index (κ1) is 14.8. The first-order valence-electron chi connectivity index (χ1n) is 7.56. The molecule has 3 amide bonds. The van der Waals surface area contributed by atoms with Crippen LogP contribution in [0.4, 0.5) is 4.79 Å². The number of hydrogen-bond donors (Lipinski definition) is 0. The number of benzene rings is 2. The number of imide groups is 1. The van der Waals surface area contributed by atoms with Crippen LogP contribution in [0.2, 0.25) is 0 Å². The normalized spacial score (nSPS) is 16.7. The second-order valence-electron chi connectivity index (χ2n) is 5.85. The maximum Gasteiger partial charge on any atom is 0.331 e. The van der Waals surface area contributed by atoms with Gasteiger partial charge < -0.3 is 0 Å². The van der Waals surface area contributed by atoms with E-state index in [0.717, 1.165) is 32.7 Å². The summed E-state index contributed by atoms with van der Waals surface area (Å²) in [6.07, 6.45) is 0. The summed E-state index contributed by atoms with van der Waals surface area (Å²) in [5.74, 6) is -0.357. The van der Waals surface area contributed by atoms with E-state index in [1.807, 2.05) is 48.5 Å². The summed E-state index contributed by atoms with van der Waals surface area (Å²) in [7, 11) is 3.08. The van der Waals surface area contributed by atoms with Gasteiger partial charge in [-0.25, -0.2) is 4.79 Å². The van der Waals surface area contributed by atoms with Crippen molar-refractivity contribution < 1.29 is 9.59 Å². The molecule has 4 rings (SSSR count). The molecule has 5 heteroatoms. The number of likely N-dealkylation sites (N-methyl/N-ethyl adjacent to an activating group) is 2. The zero-order valence-corrected chi connectivity index (χ0v) is 14.1. The van der Waals surface area contributed by atoms with E-state index in [1.54, 1.807) is 7.05 Å². The molecule has 1 aliphatic carbocycles. The minimum Gasteiger partial charge on any atom is -0.287 e. The van der Waals surface area contributed by atoms with Crippen LogP contribution in [0.5, 0.6) is 0 Å². The molecule has 0 aromatic heterocycles. The summed E-state index contributed by atoms with van der Waals surface area (Å²) < 4.78 is 0. The smallest absolute Gasteiger partial charge is 0.287 e. The van der Waals surface area contributed by atoms with E-state index in [2.05, 4.69) is 0 Å². The number of fused-ring (bicyclic) bond motifs is 3. The van der Waals surface area contributed by atoms with Crippen molar-refractivity contribution in [1.29, 1.82) is 0 Å². The Morgan fingerprint density at radius 1 is 0.708 bits per heavy atom. The zero-order valence-electron chi connectivity index (χ0n) is 13.2.